The van der Waals surface area contributed by atoms with Crippen LogP contribution in [-0.2, 0) is 22.0 Å². The predicted molar refractivity (Wildman–Crippen MR) is 132 cm³/mol. The number of thiazole rings is 1. The molecule has 184 valence electrons. The molecule has 0 spiro atoms. The molecular weight excluding hydrogens is 502 g/mol. The molecule has 5 rings (SSSR count). The van der Waals surface area contributed by atoms with E-state index < -0.39 is 27.3 Å². The number of aliphatic hydroxyl groups is 1. The van der Waals surface area contributed by atoms with Crippen molar-refractivity contribution in [1.82, 2.24) is 20.1 Å². The van der Waals surface area contributed by atoms with Crippen molar-refractivity contribution in [2.24, 2.45) is 0 Å². The Bertz CT molecular complexity index is 1620. The highest BCUT2D eigenvalue weighted by Crippen LogP contribution is 2.34. The Morgan fingerprint density at radius 1 is 1.17 bits per heavy atom. The van der Waals surface area contributed by atoms with Crippen LogP contribution < -0.4 is 10.6 Å². The fourth-order valence-corrected chi connectivity index (χ4v) is 6.07. The second kappa shape index (κ2) is 8.66. The van der Waals surface area contributed by atoms with E-state index in [1.54, 1.807) is 49.3 Å². The minimum absolute atomic E-state index is 0.0465. The monoisotopic (exact) mass is 523 g/mol. The predicted octanol–water partition coefficient (Wildman–Crippen LogP) is 2.88. The van der Waals surface area contributed by atoms with Crippen LogP contribution in [0.25, 0.3) is 5.13 Å². The third-order valence-electron chi connectivity index (χ3n) is 5.65. The molecule has 2 aromatic carbocycles. The number of anilines is 1. The summed E-state index contributed by atoms with van der Waals surface area (Å²) >= 11 is 1.32. The van der Waals surface area contributed by atoms with E-state index in [0.29, 0.717) is 10.7 Å². The highest BCUT2D eigenvalue weighted by Gasteiger charge is 2.31. The molecule has 3 N–H and O–H groups in total. The van der Waals surface area contributed by atoms with Gasteiger partial charge in [-0.15, -0.1) is 0 Å². The first-order chi connectivity index (χ1) is 17.0. The average molecular weight is 524 g/mol. The standard InChI is InChI=1S/C24H21N5O5S2/c1-24(2,32)15-10-27-29(13-15)23-26-12-16(35-23)11-25-21(30)14-7-8-20-18(9-14)28-22(31)17-5-3-4-6-19(17)36(20,33)34/h3-10,12-13,32H,11H2,1-2H3,(H,25,30)(H,28,31). The lowest BCUT2D eigenvalue weighted by molar-refractivity contribution is 0.0785. The molecule has 10 nitrogen and oxygen atoms in total. The molecule has 0 aliphatic carbocycles. The quantitative estimate of drug-likeness (QED) is 0.365. The minimum atomic E-state index is -3.95. The van der Waals surface area contributed by atoms with Gasteiger partial charge >= 0.3 is 0 Å². The highest BCUT2D eigenvalue weighted by atomic mass is 32.2. The van der Waals surface area contributed by atoms with Crippen LogP contribution in [0.15, 0.2) is 70.8 Å². The van der Waals surface area contributed by atoms with Gasteiger partial charge in [0.15, 0.2) is 0 Å². The molecule has 0 unspecified atom stereocenters. The molecule has 3 heterocycles. The van der Waals surface area contributed by atoms with Crippen LogP contribution in [0.4, 0.5) is 5.69 Å². The molecule has 36 heavy (non-hydrogen) atoms. The van der Waals surface area contributed by atoms with E-state index in [4.69, 9.17) is 0 Å². The summed E-state index contributed by atoms with van der Waals surface area (Å²) < 4.78 is 27.8. The zero-order valence-electron chi connectivity index (χ0n) is 19.2. The normalized spacial score (nSPS) is 14.4. The highest BCUT2D eigenvalue weighted by molar-refractivity contribution is 7.91. The molecule has 1 aliphatic heterocycles. The van der Waals surface area contributed by atoms with Crippen molar-refractivity contribution < 1.29 is 23.1 Å². The summed E-state index contributed by atoms with van der Waals surface area (Å²) in [6.07, 6.45) is 4.88. The Hall–Kier alpha value is -3.87. The average Bonchev–Trinajstić information content (AvgIpc) is 3.50. The topological polar surface area (TPSA) is 143 Å². The summed E-state index contributed by atoms with van der Waals surface area (Å²) in [5.74, 6) is -1.00. The zero-order valence-corrected chi connectivity index (χ0v) is 20.9. The number of hydrogen-bond acceptors (Lipinski definition) is 8. The van der Waals surface area contributed by atoms with Gasteiger partial charge in [0.25, 0.3) is 11.8 Å². The van der Waals surface area contributed by atoms with Gasteiger partial charge in [-0.05, 0) is 44.2 Å². The number of fused-ring (bicyclic) bond motifs is 2. The molecule has 1 aliphatic rings. The van der Waals surface area contributed by atoms with Crippen LogP contribution in [0.2, 0.25) is 0 Å². The maximum atomic E-state index is 13.1. The van der Waals surface area contributed by atoms with Crippen molar-refractivity contribution in [2.45, 2.75) is 35.8 Å². The summed E-state index contributed by atoms with van der Waals surface area (Å²) in [6, 6.07) is 10.1. The minimum Gasteiger partial charge on any atom is -0.386 e. The summed E-state index contributed by atoms with van der Waals surface area (Å²) in [4.78, 5) is 30.4. The molecule has 0 saturated heterocycles. The van der Waals surface area contributed by atoms with Crippen LogP contribution in [-0.4, -0.2) is 40.1 Å². The summed E-state index contributed by atoms with van der Waals surface area (Å²) in [7, 11) is -3.95. The molecule has 0 radical (unpaired) electrons. The summed E-state index contributed by atoms with van der Waals surface area (Å²) in [5, 5.41) is 20.3. The van der Waals surface area contributed by atoms with Crippen LogP contribution in [0.3, 0.4) is 0 Å². The van der Waals surface area contributed by atoms with Crippen molar-refractivity contribution in [3.63, 3.8) is 0 Å². The lowest BCUT2D eigenvalue weighted by atomic mass is 10.0. The van der Waals surface area contributed by atoms with Gasteiger partial charge in [-0.3, -0.25) is 9.59 Å². The lowest BCUT2D eigenvalue weighted by Crippen LogP contribution is -2.22. The van der Waals surface area contributed by atoms with Crippen molar-refractivity contribution in [3.05, 3.63) is 82.6 Å². The van der Waals surface area contributed by atoms with Gasteiger partial charge in [-0.2, -0.15) is 5.10 Å². The van der Waals surface area contributed by atoms with E-state index in [1.807, 2.05) is 0 Å². The third-order valence-corrected chi connectivity index (χ3v) is 8.51. The maximum Gasteiger partial charge on any atom is 0.257 e. The van der Waals surface area contributed by atoms with Gasteiger partial charge in [0.05, 0.1) is 39.4 Å². The Morgan fingerprint density at radius 2 is 1.94 bits per heavy atom. The van der Waals surface area contributed by atoms with Crippen LogP contribution in [0.1, 0.15) is 45.0 Å². The number of rotatable bonds is 5. The summed E-state index contributed by atoms with van der Waals surface area (Å²) in [5.41, 5.74) is -0.0884. The smallest absolute Gasteiger partial charge is 0.257 e. The number of nitrogens with one attached hydrogen (secondary N) is 2. The Balaban J connectivity index is 1.33. The number of carbonyl (C=O) groups is 2. The van der Waals surface area contributed by atoms with E-state index in [1.165, 1.54) is 41.7 Å². The molecule has 0 atom stereocenters. The van der Waals surface area contributed by atoms with Gasteiger partial charge in [0.2, 0.25) is 15.0 Å². The summed E-state index contributed by atoms with van der Waals surface area (Å²) in [6.45, 7) is 3.52. The molecule has 2 amide bonds. The number of nitrogens with zero attached hydrogens (tertiary/aromatic N) is 3. The van der Waals surface area contributed by atoms with Crippen LogP contribution in [0.5, 0.6) is 0 Å². The molecule has 0 fully saturated rings. The number of carbonyl (C=O) groups excluding carboxylic acids is 2. The van der Waals surface area contributed by atoms with E-state index in [0.717, 1.165) is 4.88 Å². The zero-order chi connectivity index (χ0) is 25.7. The molecule has 0 saturated carbocycles. The van der Waals surface area contributed by atoms with E-state index in [2.05, 4.69) is 20.7 Å². The second-order valence-corrected chi connectivity index (χ2v) is 11.7. The number of aromatic nitrogens is 3. The van der Waals surface area contributed by atoms with Crippen molar-refractivity contribution in [1.29, 1.82) is 0 Å². The molecule has 4 aromatic rings. The molecule has 2 aromatic heterocycles. The van der Waals surface area contributed by atoms with Crippen LogP contribution in [0, 0.1) is 0 Å². The first-order valence-electron chi connectivity index (χ1n) is 10.8. The SMILES string of the molecule is CC(C)(O)c1cnn(-c2ncc(CNC(=O)c3ccc4c(c3)NC(=O)c3ccccc3S4(=O)=O)s2)c1. The van der Waals surface area contributed by atoms with Gasteiger partial charge in [-0.25, -0.2) is 18.1 Å². The number of amides is 2. The third kappa shape index (κ3) is 4.30. The first kappa shape index (κ1) is 23.9. The molecular formula is C24H21N5O5S2. The maximum absolute atomic E-state index is 13.1. The number of benzene rings is 2. The van der Waals surface area contributed by atoms with Crippen molar-refractivity contribution >= 4 is 38.7 Å². The van der Waals surface area contributed by atoms with Crippen LogP contribution >= 0.6 is 11.3 Å². The largest absolute Gasteiger partial charge is 0.386 e. The van der Waals surface area contributed by atoms with Gasteiger partial charge in [0.1, 0.15) is 0 Å². The van der Waals surface area contributed by atoms with Gasteiger partial charge < -0.3 is 15.7 Å². The Labute approximate surface area is 210 Å². The van der Waals surface area contributed by atoms with Crippen molar-refractivity contribution in [3.8, 4) is 5.13 Å². The lowest BCUT2D eigenvalue weighted by Gasteiger charge is -2.13. The number of sulfone groups is 1. The molecule has 12 heteroatoms. The second-order valence-electron chi connectivity index (χ2n) is 8.69. The van der Waals surface area contributed by atoms with E-state index in [9.17, 15) is 23.1 Å². The fraction of sp³-hybridized carbons (Fsp3) is 0.167. The molecule has 0 bridgehead atoms. The fourth-order valence-electron chi connectivity index (χ4n) is 3.70. The Kier molecular flexibility index (Phi) is 5.74. The van der Waals surface area contributed by atoms with Gasteiger partial charge in [-0.1, -0.05) is 23.5 Å². The van der Waals surface area contributed by atoms with E-state index in [-0.39, 0.29) is 33.2 Å². The Morgan fingerprint density at radius 3 is 2.69 bits per heavy atom. The van der Waals surface area contributed by atoms with Crippen molar-refractivity contribution in [2.75, 3.05) is 5.32 Å². The first-order valence-corrected chi connectivity index (χ1v) is 13.1. The van der Waals surface area contributed by atoms with E-state index >= 15 is 0 Å². The van der Waals surface area contributed by atoms with Gasteiger partial charge in [0, 0.05) is 28.4 Å². The number of hydrogen-bond donors (Lipinski definition) is 3.